The van der Waals surface area contributed by atoms with Gasteiger partial charge in [-0.15, -0.1) is 0 Å². The fourth-order valence-corrected chi connectivity index (χ4v) is 5.22. The number of fused-ring (bicyclic) bond motifs is 1. The second-order valence-electron chi connectivity index (χ2n) is 9.47. The Morgan fingerprint density at radius 1 is 1.10 bits per heavy atom. The van der Waals surface area contributed by atoms with Gasteiger partial charge in [0, 0.05) is 52.4 Å². The molecule has 0 radical (unpaired) electrons. The molecule has 164 valence electrons. The number of amides is 1. The third-order valence-electron chi connectivity index (χ3n) is 7.05. The molecule has 1 N–H and O–H groups in total. The Hall–Kier alpha value is -1.34. The largest absolute Gasteiger partial charge is 0.376 e. The first-order chi connectivity index (χ1) is 14.1. The molecule has 3 heterocycles. The van der Waals surface area contributed by atoms with Crippen LogP contribution in [0.1, 0.15) is 51.4 Å². The minimum atomic E-state index is 0.0469. The molecule has 3 aliphatic heterocycles. The minimum absolute atomic E-state index is 0.0469. The number of nitrogens with one attached hydrogen (secondary N) is 1. The fraction of sp³-hybridized carbons (Fsp3) is 0.909. The van der Waals surface area contributed by atoms with Gasteiger partial charge in [0.2, 0.25) is 5.91 Å². The van der Waals surface area contributed by atoms with Crippen molar-refractivity contribution >= 4 is 11.9 Å². The molecule has 1 amide bonds. The summed E-state index contributed by atoms with van der Waals surface area (Å²) in [5, 5.41) is 3.56. The lowest BCUT2D eigenvalue weighted by molar-refractivity contribution is -0.127. The fourth-order valence-electron chi connectivity index (χ4n) is 5.22. The molecule has 0 aromatic carbocycles. The highest BCUT2D eigenvalue weighted by molar-refractivity contribution is 5.85. The van der Waals surface area contributed by atoms with Crippen molar-refractivity contribution in [3.05, 3.63) is 0 Å². The van der Waals surface area contributed by atoms with Gasteiger partial charge in [-0.3, -0.25) is 9.69 Å². The van der Waals surface area contributed by atoms with Gasteiger partial charge in [-0.25, -0.2) is 4.99 Å². The van der Waals surface area contributed by atoms with Crippen LogP contribution in [0.15, 0.2) is 4.99 Å². The van der Waals surface area contributed by atoms with Crippen molar-refractivity contribution in [2.45, 2.75) is 69.6 Å². The van der Waals surface area contributed by atoms with E-state index in [1.165, 1.54) is 51.5 Å². The first-order valence-corrected chi connectivity index (χ1v) is 11.7. The van der Waals surface area contributed by atoms with Crippen LogP contribution in [0.4, 0.5) is 0 Å². The number of hydrogen-bond acceptors (Lipinski definition) is 4. The molecule has 4 rings (SSSR count). The molecule has 29 heavy (non-hydrogen) atoms. The molecule has 0 aromatic rings. The number of ether oxygens (including phenoxy) is 1. The number of hydrogen-bond donors (Lipinski definition) is 1. The van der Waals surface area contributed by atoms with Crippen molar-refractivity contribution < 1.29 is 9.53 Å². The Balaban J connectivity index is 1.39. The van der Waals surface area contributed by atoms with E-state index in [0.29, 0.717) is 0 Å². The van der Waals surface area contributed by atoms with E-state index < -0.39 is 0 Å². The van der Waals surface area contributed by atoms with E-state index in [2.05, 4.69) is 15.1 Å². The van der Waals surface area contributed by atoms with Crippen molar-refractivity contribution in [2.75, 3.05) is 53.4 Å². The van der Waals surface area contributed by atoms with Crippen LogP contribution in [-0.4, -0.2) is 98.2 Å². The maximum Gasteiger partial charge on any atom is 0.243 e. The summed E-state index contributed by atoms with van der Waals surface area (Å²) in [6.45, 7) is 5.23. The van der Waals surface area contributed by atoms with Crippen molar-refractivity contribution in [3.63, 3.8) is 0 Å². The monoisotopic (exact) mass is 405 g/mol. The number of likely N-dealkylation sites (tertiary alicyclic amines) is 2. The van der Waals surface area contributed by atoms with E-state index in [1.54, 1.807) is 19.0 Å². The van der Waals surface area contributed by atoms with Crippen LogP contribution >= 0.6 is 0 Å². The molecule has 1 saturated carbocycles. The van der Waals surface area contributed by atoms with E-state index in [0.717, 1.165) is 56.6 Å². The molecule has 0 aromatic heterocycles. The van der Waals surface area contributed by atoms with Gasteiger partial charge in [-0.1, -0.05) is 0 Å². The zero-order valence-corrected chi connectivity index (χ0v) is 18.3. The predicted molar refractivity (Wildman–Crippen MR) is 115 cm³/mol. The van der Waals surface area contributed by atoms with Gasteiger partial charge in [-0.05, 0) is 63.8 Å². The summed E-state index contributed by atoms with van der Waals surface area (Å²) in [5.74, 6) is 1.67. The minimum Gasteiger partial charge on any atom is -0.376 e. The lowest BCUT2D eigenvalue weighted by atomic mass is 9.83. The summed E-state index contributed by atoms with van der Waals surface area (Å²) in [6, 6.07) is 1.61. The maximum atomic E-state index is 12.1. The average molecular weight is 406 g/mol. The highest BCUT2D eigenvalue weighted by Crippen LogP contribution is 2.38. The van der Waals surface area contributed by atoms with E-state index in [9.17, 15) is 4.79 Å². The van der Waals surface area contributed by atoms with E-state index in [-0.39, 0.29) is 18.6 Å². The Morgan fingerprint density at radius 2 is 1.97 bits per heavy atom. The third kappa shape index (κ3) is 5.43. The van der Waals surface area contributed by atoms with Crippen LogP contribution < -0.4 is 5.32 Å². The molecule has 4 aliphatic rings. The molecule has 3 saturated heterocycles. The van der Waals surface area contributed by atoms with E-state index >= 15 is 0 Å². The average Bonchev–Trinajstić information content (AvgIpc) is 3.58. The van der Waals surface area contributed by atoms with Crippen molar-refractivity contribution in [3.8, 4) is 0 Å². The smallest absolute Gasteiger partial charge is 0.243 e. The third-order valence-corrected chi connectivity index (χ3v) is 7.05. The summed E-state index contributed by atoms with van der Waals surface area (Å²) in [4.78, 5) is 23.7. The number of likely N-dealkylation sites (N-methyl/N-ethyl adjacent to an activating group) is 1. The van der Waals surface area contributed by atoms with Crippen molar-refractivity contribution in [1.82, 2.24) is 20.0 Å². The van der Waals surface area contributed by atoms with Crippen molar-refractivity contribution in [2.24, 2.45) is 10.9 Å². The van der Waals surface area contributed by atoms with Crippen LogP contribution in [0.5, 0.6) is 0 Å². The van der Waals surface area contributed by atoms with Gasteiger partial charge in [-0.2, -0.15) is 0 Å². The normalized spacial score (nSPS) is 31.3. The molecule has 1 aliphatic carbocycles. The summed E-state index contributed by atoms with van der Waals surface area (Å²) in [7, 11) is 3.58. The molecule has 3 atom stereocenters. The highest BCUT2D eigenvalue weighted by Gasteiger charge is 2.42. The number of aliphatic imine (C=N–C) groups is 1. The molecular formula is C22H39N5O2. The lowest BCUT2D eigenvalue weighted by Gasteiger charge is -2.48. The zero-order valence-electron chi connectivity index (χ0n) is 18.3. The molecule has 3 unspecified atom stereocenters. The number of carbonyl (C=O) groups is 1. The predicted octanol–water partition coefficient (Wildman–Crippen LogP) is 1.54. The number of guanidine groups is 1. The van der Waals surface area contributed by atoms with Gasteiger partial charge in [0.1, 0.15) is 6.54 Å². The molecule has 7 nitrogen and oxygen atoms in total. The van der Waals surface area contributed by atoms with Gasteiger partial charge < -0.3 is 19.9 Å². The number of piperidine rings is 2. The van der Waals surface area contributed by atoms with E-state index in [4.69, 9.17) is 9.73 Å². The second-order valence-corrected chi connectivity index (χ2v) is 9.47. The molecule has 4 fully saturated rings. The van der Waals surface area contributed by atoms with Gasteiger partial charge >= 0.3 is 0 Å². The van der Waals surface area contributed by atoms with Crippen LogP contribution in [-0.2, 0) is 9.53 Å². The summed E-state index contributed by atoms with van der Waals surface area (Å²) >= 11 is 0. The second kappa shape index (κ2) is 9.65. The quantitative estimate of drug-likeness (QED) is 0.555. The topological polar surface area (TPSA) is 60.4 Å². The highest BCUT2D eigenvalue weighted by atomic mass is 16.5. The number of nitrogens with zero attached hydrogens (tertiary/aromatic N) is 4. The molecule has 0 bridgehead atoms. The first-order valence-electron chi connectivity index (χ1n) is 11.7. The molecule has 0 spiro atoms. The Bertz CT molecular complexity index is 586. The number of rotatable bonds is 5. The van der Waals surface area contributed by atoms with Crippen LogP contribution in [0, 0.1) is 5.92 Å². The van der Waals surface area contributed by atoms with Crippen molar-refractivity contribution in [1.29, 1.82) is 0 Å². The standard InChI is InChI=1S/C22H39N5O2/c1-25(2)21(28)15-24-22(23-14-19-7-3-4-13-29-19)26-12-10-20-17(16-26)6-5-11-27(20)18-8-9-18/h17-20H,3-16H2,1-2H3,(H,23,24). The Labute approximate surface area is 175 Å². The Kier molecular flexibility index (Phi) is 6.96. The SMILES string of the molecule is CN(C)C(=O)CN=C(NCC1CCCCO1)N1CCC2C(CCCN2C2CC2)C1. The van der Waals surface area contributed by atoms with E-state index in [1.807, 2.05) is 0 Å². The summed E-state index contributed by atoms with van der Waals surface area (Å²) in [6.07, 6.45) is 10.4. The lowest BCUT2D eigenvalue weighted by Crippen LogP contribution is -2.58. The molecule has 7 heteroatoms. The first kappa shape index (κ1) is 20.9. The molecular weight excluding hydrogens is 366 g/mol. The Morgan fingerprint density at radius 3 is 2.69 bits per heavy atom. The van der Waals surface area contributed by atoms with Gasteiger partial charge in [0.25, 0.3) is 0 Å². The summed E-state index contributed by atoms with van der Waals surface area (Å²) in [5.41, 5.74) is 0. The van der Waals surface area contributed by atoms with Crippen LogP contribution in [0.2, 0.25) is 0 Å². The maximum absolute atomic E-state index is 12.1. The van der Waals surface area contributed by atoms with Gasteiger partial charge in [0.15, 0.2) is 5.96 Å². The zero-order chi connectivity index (χ0) is 20.2. The van der Waals surface area contributed by atoms with Gasteiger partial charge in [0.05, 0.1) is 6.10 Å². The number of carbonyl (C=O) groups excluding carboxylic acids is 1. The van der Waals surface area contributed by atoms with Crippen LogP contribution in [0.3, 0.4) is 0 Å². The summed E-state index contributed by atoms with van der Waals surface area (Å²) < 4.78 is 5.89. The van der Waals surface area contributed by atoms with Crippen LogP contribution in [0.25, 0.3) is 0 Å².